The second-order valence-corrected chi connectivity index (χ2v) is 8.59. The van der Waals surface area contributed by atoms with Crippen molar-refractivity contribution in [2.75, 3.05) is 0 Å². The molecular formula is C31H23NO3. The SMILES string of the molecule is O=C1C(=Cc2cn(Cc3ccccc3)c3ccccc23)Oc2cc(OCc3ccccc3)ccc21. The molecule has 1 aliphatic heterocycles. The van der Waals surface area contributed by atoms with Gasteiger partial charge in [0.15, 0.2) is 5.76 Å². The Kier molecular flexibility index (Phi) is 5.39. The van der Waals surface area contributed by atoms with E-state index in [1.54, 1.807) is 12.1 Å². The monoisotopic (exact) mass is 457 g/mol. The van der Waals surface area contributed by atoms with Gasteiger partial charge in [-0.25, -0.2) is 0 Å². The topological polar surface area (TPSA) is 40.5 Å². The minimum absolute atomic E-state index is 0.116. The van der Waals surface area contributed by atoms with E-state index in [-0.39, 0.29) is 5.78 Å². The van der Waals surface area contributed by atoms with Gasteiger partial charge in [0, 0.05) is 35.3 Å². The zero-order valence-electron chi connectivity index (χ0n) is 19.1. The molecule has 4 heteroatoms. The van der Waals surface area contributed by atoms with Crippen LogP contribution in [-0.4, -0.2) is 10.4 Å². The van der Waals surface area contributed by atoms with E-state index in [1.165, 1.54) is 5.56 Å². The van der Waals surface area contributed by atoms with Gasteiger partial charge < -0.3 is 14.0 Å². The van der Waals surface area contributed by atoms with Crippen molar-refractivity contribution in [1.82, 2.24) is 4.57 Å². The second-order valence-electron chi connectivity index (χ2n) is 8.59. The molecule has 0 N–H and O–H groups in total. The lowest BCUT2D eigenvalue weighted by Gasteiger charge is -2.07. The molecule has 2 heterocycles. The first-order chi connectivity index (χ1) is 17.2. The van der Waals surface area contributed by atoms with Crippen LogP contribution in [0.3, 0.4) is 0 Å². The van der Waals surface area contributed by atoms with Crippen LogP contribution >= 0.6 is 0 Å². The van der Waals surface area contributed by atoms with Crippen LogP contribution in [0.4, 0.5) is 0 Å². The van der Waals surface area contributed by atoms with Crippen LogP contribution in [0.5, 0.6) is 11.5 Å². The number of aromatic nitrogens is 1. The van der Waals surface area contributed by atoms with Gasteiger partial charge in [-0.2, -0.15) is 0 Å². The first-order valence-electron chi connectivity index (χ1n) is 11.6. The number of nitrogens with zero attached hydrogens (tertiary/aromatic N) is 1. The summed E-state index contributed by atoms with van der Waals surface area (Å²) in [5, 5.41) is 1.08. The van der Waals surface area contributed by atoms with Crippen molar-refractivity contribution in [2.45, 2.75) is 13.2 Å². The van der Waals surface area contributed by atoms with Gasteiger partial charge in [-0.05, 0) is 35.4 Å². The number of allylic oxidation sites excluding steroid dienone is 1. The summed E-state index contributed by atoms with van der Waals surface area (Å²) in [4.78, 5) is 13.1. The minimum atomic E-state index is -0.116. The lowest BCUT2D eigenvalue weighted by Crippen LogP contribution is -1.98. The van der Waals surface area contributed by atoms with Crippen LogP contribution in [0, 0.1) is 0 Å². The van der Waals surface area contributed by atoms with Crippen LogP contribution < -0.4 is 9.47 Å². The zero-order valence-corrected chi connectivity index (χ0v) is 19.1. The number of Topliss-reactive ketones (excluding diaryl/α,β-unsaturated/α-hetero) is 1. The Morgan fingerprint density at radius 1 is 0.800 bits per heavy atom. The Balaban J connectivity index is 1.27. The summed E-state index contributed by atoms with van der Waals surface area (Å²) in [7, 11) is 0. The van der Waals surface area contributed by atoms with Gasteiger partial charge in [-0.15, -0.1) is 0 Å². The van der Waals surface area contributed by atoms with E-state index in [4.69, 9.17) is 9.47 Å². The first-order valence-corrected chi connectivity index (χ1v) is 11.6. The Morgan fingerprint density at radius 2 is 1.51 bits per heavy atom. The van der Waals surface area contributed by atoms with Gasteiger partial charge in [0.2, 0.25) is 5.78 Å². The summed E-state index contributed by atoms with van der Waals surface area (Å²) in [5.74, 6) is 1.40. The molecule has 0 radical (unpaired) electrons. The molecule has 35 heavy (non-hydrogen) atoms. The summed E-state index contributed by atoms with van der Waals surface area (Å²) >= 11 is 0. The molecule has 0 saturated heterocycles. The van der Waals surface area contributed by atoms with Gasteiger partial charge in [-0.1, -0.05) is 78.9 Å². The molecule has 4 nitrogen and oxygen atoms in total. The van der Waals surface area contributed by atoms with Gasteiger partial charge in [0.1, 0.15) is 18.1 Å². The van der Waals surface area contributed by atoms with Gasteiger partial charge in [0.05, 0.1) is 5.56 Å². The van der Waals surface area contributed by atoms with E-state index < -0.39 is 0 Å². The minimum Gasteiger partial charge on any atom is -0.489 e. The summed E-state index contributed by atoms with van der Waals surface area (Å²) < 4.78 is 14.1. The fourth-order valence-electron chi connectivity index (χ4n) is 4.44. The van der Waals surface area contributed by atoms with Crippen LogP contribution in [0.2, 0.25) is 0 Å². The molecule has 4 aromatic carbocycles. The van der Waals surface area contributed by atoms with Crippen LogP contribution in [-0.2, 0) is 13.2 Å². The maximum Gasteiger partial charge on any atom is 0.231 e. The van der Waals surface area contributed by atoms with Crippen LogP contribution in [0.25, 0.3) is 17.0 Å². The maximum absolute atomic E-state index is 13.1. The number of fused-ring (bicyclic) bond motifs is 2. The second kappa shape index (κ2) is 8.99. The van der Waals surface area contributed by atoms with Crippen molar-refractivity contribution >= 4 is 22.8 Å². The molecule has 1 aromatic heterocycles. The largest absolute Gasteiger partial charge is 0.489 e. The molecule has 5 aromatic rings. The molecule has 0 bridgehead atoms. The third kappa shape index (κ3) is 4.22. The number of hydrogen-bond donors (Lipinski definition) is 0. The summed E-state index contributed by atoms with van der Waals surface area (Å²) in [5.41, 5.74) is 4.92. The number of hydrogen-bond acceptors (Lipinski definition) is 3. The molecular weight excluding hydrogens is 434 g/mol. The number of rotatable bonds is 6. The van der Waals surface area contributed by atoms with Crippen molar-refractivity contribution in [1.29, 1.82) is 0 Å². The average Bonchev–Trinajstić information content (AvgIpc) is 3.41. The molecule has 0 atom stereocenters. The van der Waals surface area contributed by atoms with E-state index >= 15 is 0 Å². The molecule has 0 spiro atoms. The van der Waals surface area contributed by atoms with Gasteiger partial charge in [-0.3, -0.25) is 4.79 Å². The van der Waals surface area contributed by atoms with E-state index in [1.807, 2.05) is 72.8 Å². The fourth-order valence-corrected chi connectivity index (χ4v) is 4.44. The Bertz CT molecular complexity index is 1550. The fraction of sp³-hybridized carbons (Fsp3) is 0.0645. The average molecular weight is 458 g/mol. The lowest BCUT2D eigenvalue weighted by molar-refractivity contribution is 0.101. The van der Waals surface area contributed by atoms with Crippen molar-refractivity contribution in [2.24, 2.45) is 0 Å². The lowest BCUT2D eigenvalue weighted by atomic mass is 10.1. The number of para-hydroxylation sites is 1. The summed E-state index contributed by atoms with van der Waals surface area (Å²) in [6.07, 6.45) is 3.93. The Hall–Kier alpha value is -4.57. The van der Waals surface area contributed by atoms with Crippen LogP contribution in [0.15, 0.2) is 115 Å². The number of carbonyl (C=O) groups excluding carboxylic acids is 1. The molecule has 0 aliphatic carbocycles. The highest BCUT2D eigenvalue weighted by molar-refractivity contribution is 6.15. The van der Waals surface area contributed by atoms with Gasteiger partial charge >= 0.3 is 0 Å². The van der Waals surface area contributed by atoms with Crippen molar-refractivity contribution < 1.29 is 14.3 Å². The van der Waals surface area contributed by atoms with E-state index in [2.05, 4.69) is 35.0 Å². The van der Waals surface area contributed by atoms with Gasteiger partial charge in [0.25, 0.3) is 0 Å². The molecule has 0 unspecified atom stereocenters. The quantitative estimate of drug-likeness (QED) is 0.261. The first kappa shape index (κ1) is 21.0. The zero-order chi connectivity index (χ0) is 23.6. The number of ether oxygens (including phenoxy) is 2. The Morgan fingerprint density at radius 3 is 2.31 bits per heavy atom. The molecule has 0 fully saturated rings. The summed E-state index contributed by atoms with van der Waals surface area (Å²) in [6, 6.07) is 33.9. The number of ketones is 1. The van der Waals surface area contributed by atoms with Crippen molar-refractivity contribution in [3.05, 3.63) is 137 Å². The predicted molar refractivity (Wildman–Crippen MR) is 138 cm³/mol. The van der Waals surface area contributed by atoms with E-state index in [0.29, 0.717) is 29.4 Å². The molecule has 6 rings (SSSR count). The van der Waals surface area contributed by atoms with Crippen molar-refractivity contribution in [3.8, 4) is 11.5 Å². The smallest absolute Gasteiger partial charge is 0.231 e. The third-order valence-electron chi connectivity index (χ3n) is 6.19. The summed E-state index contributed by atoms with van der Waals surface area (Å²) in [6.45, 7) is 1.21. The molecule has 170 valence electrons. The van der Waals surface area contributed by atoms with E-state index in [0.717, 1.165) is 28.6 Å². The third-order valence-corrected chi connectivity index (χ3v) is 6.19. The number of benzene rings is 4. The normalized spacial score (nSPS) is 13.7. The Labute approximate surface area is 203 Å². The molecule has 0 amide bonds. The highest BCUT2D eigenvalue weighted by Crippen LogP contribution is 2.36. The highest BCUT2D eigenvalue weighted by atomic mass is 16.5. The van der Waals surface area contributed by atoms with Crippen molar-refractivity contribution in [3.63, 3.8) is 0 Å². The number of carbonyl (C=O) groups is 1. The standard InChI is InChI=1S/C31H23NO3/c33-31-27-16-15-25(34-21-23-11-5-2-6-12-23)18-29(27)35-30(31)17-24-20-32(19-22-9-3-1-4-10-22)28-14-8-7-13-26(24)28/h1-18,20H,19,21H2. The van der Waals surface area contributed by atoms with Crippen LogP contribution in [0.1, 0.15) is 27.0 Å². The predicted octanol–water partition coefficient (Wildman–Crippen LogP) is 6.88. The van der Waals surface area contributed by atoms with E-state index in [9.17, 15) is 4.79 Å². The molecule has 1 aliphatic rings. The maximum atomic E-state index is 13.1. The highest BCUT2D eigenvalue weighted by Gasteiger charge is 2.28. The molecule has 0 saturated carbocycles.